The van der Waals surface area contributed by atoms with Crippen molar-refractivity contribution in [2.45, 2.75) is 20.8 Å². The molecule has 2 aromatic heterocycles. The van der Waals surface area contributed by atoms with E-state index >= 15 is 0 Å². The molecule has 1 N–H and O–H groups in total. The van der Waals surface area contributed by atoms with Crippen molar-refractivity contribution in [1.29, 1.82) is 0 Å². The smallest absolute Gasteiger partial charge is 0.280 e. The molecular formula is C18H18N4O. The minimum Gasteiger partial charge on any atom is -0.295 e. The molecule has 3 rings (SSSR count). The van der Waals surface area contributed by atoms with Gasteiger partial charge in [-0.1, -0.05) is 24.3 Å². The lowest BCUT2D eigenvalue weighted by molar-refractivity contribution is 0.835. The van der Waals surface area contributed by atoms with Gasteiger partial charge in [-0.25, -0.2) is 14.7 Å². The lowest BCUT2D eigenvalue weighted by Gasteiger charge is -2.01. The Morgan fingerprint density at radius 1 is 1.13 bits per heavy atom. The Hall–Kier alpha value is -2.95. The predicted octanol–water partition coefficient (Wildman–Crippen LogP) is 3.32. The van der Waals surface area contributed by atoms with Gasteiger partial charge >= 0.3 is 0 Å². The third-order valence-electron chi connectivity index (χ3n) is 3.70. The van der Waals surface area contributed by atoms with Gasteiger partial charge < -0.3 is 0 Å². The standard InChI is InChI=1S/C18H18N4O/c1-12-8-7-11-19-17(12)20-13(2)16-14(3)21-22(18(16)23)15-9-5-4-6-10-15/h4-11,21H,1-3H3. The Bertz CT molecular complexity index is 920. The van der Waals surface area contributed by atoms with Crippen molar-refractivity contribution in [3.05, 3.63) is 75.8 Å². The highest BCUT2D eigenvalue weighted by molar-refractivity contribution is 6.00. The van der Waals surface area contributed by atoms with Gasteiger partial charge in [0.1, 0.15) is 0 Å². The molecule has 0 aliphatic rings. The van der Waals surface area contributed by atoms with Gasteiger partial charge in [-0.3, -0.25) is 9.89 Å². The second-order valence-corrected chi connectivity index (χ2v) is 5.43. The van der Waals surface area contributed by atoms with E-state index in [1.807, 2.05) is 63.2 Å². The topological polar surface area (TPSA) is 63.0 Å². The number of aliphatic imine (C=N–C) groups is 1. The molecule has 0 unspecified atom stereocenters. The van der Waals surface area contributed by atoms with Crippen LogP contribution in [0.2, 0.25) is 0 Å². The normalized spacial score (nSPS) is 11.7. The molecule has 5 nitrogen and oxygen atoms in total. The van der Waals surface area contributed by atoms with E-state index in [-0.39, 0.29) is 5.56 Å². The van der Waals surface area contributed by atoms with Crippen molar-refractivity contribution < 1.29 is 0 Å². The van der Waals surface area contributed by atoms with Crippen LogP contribution in [0.15, 0.2) is 58.4 Å². The maximum absolute atomic E-state index is 12.7. The molecule has 23 heavy (non-hydrogen) atoms. The average molecular weight is 306 g/mol. The van der Waals surface area contributed by atoms with Gasteiger partial charge in [0.05, 0.1) is 17.0 Å². The van der Waals surface area contributed by atoms with Crippen LogP contribution in [-0.2, 0) is 0 Å². The number of aromatic amines is 1. The summed E-state index contributed by atoms with van der Waals surface area (Å²) < 4.78 is 1.54. The van der Waals surface area contributed by atoms with Crippen molar-refractivity contribution in [3.8, 4) is 5.69 Å². The highest BCUT2D eigenvalue weighted by Crippen LogP contribution is 2.16. The van der Waals surface area contributed by atoms with Crippen molar-refractivity contribution in [2.75, 3.05) is 0 Å². The Balaban J connectivity index is 2.09. The maximum Gasteiger partial charge on any atom is 0.280 e. The molecule has 0 atom stereocenters. The van der Waals surface area contributed by atoms with E-state index in [2.05, 4.69) is 15.1 Å². The first-order valence-electron chi connectivity index (χ1n) is 7.42. The van der Waals surface area contributed by atoms with Crippen LogP contribution < -0.4 is 5.56 Å². The molecule has 0 bridgehead atoms. The van der Waals surface area contributed by atoms with Crippen molar-refractivity contribution in [1.82, 2.24) is 14.8 Å². The number of benzene rings is 1. The molecule has 5 heteroatoms. The first kappa shape index (κ1) is 15.0. The number of H-pyrrole nitrogens is 1. The number of pyridine rings is 1. The number of aryl methyl sites for hydroxylation is 2. The van der Waals surface area contributed by atoms with E-state index in [9.17, 15) is 4.79 Å². The van der Waals surface area contributed by atoms with Gasteiger partial charge in [0.2, 0.25) is 0 Å². The van der Waals surface area contributed by atoms with Gasteiger partial charge in [0, 0.05) is 11.9 Å². The highest BCUT2D eigenvalue weighted by Gasteiger charge is 2.15. The number of nitrogens with zero attached hydrogens (tertiary/aromatic N) is 3. The first-order chi connectivity index (χ1) is 11.1. The number of nitrogens with one attached hydrogen (secondary N) is 1. The molecule has 3 aromatic rings. The molecular weight excluding hydrogens is 288 g/mol. The molecule has 0 spiro atoms. The SMILES string of the molecule is CC(=Nc1ncccc1C)c1c(C)[nH]n(-c2ccccc2)c1=O. The number of hydrogen-bond donors (Lipinski definition) is 1. The minimum absolute atomic E-state index is 0.108. The Labute approximate surface area is 134 Å². The van der Waals surface area contributed by atoms with Crippen LogP contribution in [0.5, 0.6) is 0 Å². The third kappa shape index (κ3) is 2.85. The van der Waals surface area contributed by atoms with E-state index in [0.717, 1.165) is 16.9 Å². The van der Waals surface area contributed by atoms with Crippen LogP contribution >= 0.6 is 0 Å². The van der Waals surface area contributed by atoms with E-state index in [1.165, 1.54) is 4.68 Å². The molecule has 0 saturated carbocycles. The summed E-state index contributed by atoms with van der Waals surface area (Å²) in [7, 11) is 0. The summed E-state index contributed by atoms with van der Waals surface area (Å²) in [5.41, 5.74) is 3.69. The molecule has 0 amide bonds. The van der Waals surface area contributed by atoms with E-state index in [0.29, 0.717) is 17.1 Å². The van der Waals surface area contributed by atoms with E-state index in [4.69, 9.17) is 0 Å². The van der Waals surface area contributed by atoms with Gasteiger partial charge in [0.25, 0.3) is 5.56 Å². The third-order valence-corrected chi connectivity index (χ3v) is 3.70. The molecule has 2 heterocycles. The van der Waals surface area contributed by atoms with Crippen molar-refractivity contribution >= 4 is 11.5 Å². The average Bonchev–Trinajstić information content (AvgIpc) is 2.85. The minimum atomic E-state index is -0.108. The van der Waals surface area contributed by atoms with Crippen LogP contribution in [0.4, 0.5) is 5.82 Å². The van der Waals surface area contributed by atoms with Crippen molar-refractivity contribution in [2.24, 2.45) is 4.99 Å². The molecule has 0 aliphatic heterocycles. The molecule has 1 aromatic carbocycles. The zero-order valence-electron chi connectivity index (χ0n) is 13.4. The number of aromatic nitrogens is 3. The summed E-state index contributed by atoms with van der Waals surface area (Å²) in [4.78, 5) is 21.5. The fourth-order valence-electron chi connectivity index (χ4n) is 2.54. The fourth-order valence-corrected chi connectivity index (χ4v) is 2.54. The monoisotopic (exact) mass is 306 g/mol. The zero-order chi connectivity index (χ0) is 16.4. The number of rotatable bonds is 3. The number of hydrogen-bond acceptors (Lipinski definition) is 3. The molecule has 0 aliphatic carbocycles. The summed E-state index contributed by atoms with van der Waals surface area (Å²) in [6.07, 6.45) is 1.70. The maximum atomic E-state index is 12.7. The summed E-state index contributed by atoms with van der Waals surface area (Å²) in [5.74, 6) is 0.635. The lowest BCUT2D eigenvalue weighted by Crippen LogP contribution is -2.19. The Morgan fingerprint density at radius 3 is 2.57 bits per heavy atom. The quantitative estimate of drug-likeness (QED) is 0.754. The van der Waals surface area contributed by atoms with Crippen LogP contribution in [0.3, 0.4) is 0 Å². The van der Waals surface area contributed by atoms with Gasteiger partial charge in [-0.05, 0) is 44.5 Å². The van der Waals surface area contributed by atoms with Crippen LogP contribution in [0, 0.1) is 13.8 Å². The van der Waals surface area contributed by atoms with Gasteiger partial charge in [-0.2, -0.15) is 0 Å². The fraction of sp³-hybridized carbons (Fsp3) is 0.167. The Morgan fingerprint density at radius 2 is 1.87 bits per heavy atom. The summed E-state index contributed by atoms with van der Waals surface area (Å²) in [6.45, 7) is 5.66. The largest absolute Gasteiger partial charge is 0.295 e. The van der Waals surface area contributed by atoms with Crippen LogP contribution in [-0.4, -0.2) is 20.5 Å². The van der Waals surface area contributed by atoms with E-state index < -0.39 is 0 Å². The zero-order valence-corrected chi connectivity index (χ0v) is 13.4. The summed E-state index contributed by atoms with van der Waals surface area (Å²) >= 11 is 0. The molecule has 0 radical (unpaired) electrons. The summed E-state index contributed by atoms with van der Waals surface area (Å²) in [6, 6.07) is 13.3. The lowest BCUT2D eigenvalue weighted by atomic mass is 10.1. The summed E-state index contributed by atoms with van der Waals surface area (Å²) in [5, 5.41) is 3.11. The number of para-hydroxylation sites is 1. The van der Waals surface area contributed by atoms with Crippen LogP contribution in [0.25, 0.3) is 5.69 Å². The second-order valence-electron chi connectivity index (χ2n) is 5.43. The van der Waals surface area contributed by atoms with Gasteiger partial charge in [-0.15, -0.1) is 0 Å². The molecule has 116 valence electrons. The van der Waals surface area contributed by atoms with Crippen LogP contribution in [0.1, 0.15) is 23.7 Å². The molecule has 0 saturated heterocycles. The Kier molecular flexibility index (Phi) is 3.93. The van der Waals surface area contributed by atoms with E-state index in [1.54, 1.807) is 6.20 Å². The van der Waals surface area contributed by atoms with Crippen molar-refractivity contribution in [3.63, 3.8) is 0 Å². The second kappa shape index (κ2) is 6.04. The first-order valence-corrected chi connectivity index (χ1v) is 7.42. The molecule has 0 fully saturated rings. The highest BCUT2D eigenvalue weighted by atomic mass is 16.1. The predicted molar refractivity (Wildman–Crippen MR) is 92.0 cm³/mol. The van der Waals surface area contributed by atoms with Gasteiger partial charge in [0.15, 0.2) is 5.82 Å².